The number of carbonyl (C=O) groups excluding carboxylic acids is 2. The van der Waals surface area contributed by atoms with Crippen LogP contribution in [0.5, 0.6) is 5.75 Å². The van der Waals surface area contributed by atoms with E-state index in [1.165, 1.54) is 18.1 Å². The van der Waals surface area contributed by atoms with Gasteiger partial charge in [-0.2, -0.15) is 0 Å². The molecule has 0 radical (unpaired) electrons. The number of amides is 2. The number of rotatable bonds is 5. The van der Waals surface area contributed by atoms with Gasteiger partial charge in [-0.15, -0.1) is 0 Å². The van der Waals surface area contributed by atoms with Crippen LogP contribution in [0.25, 0.3) is 11.1 Å². The van der Waals surface area contributed by atoms with E-state index in [-0.39, 0.29) is 30.3 Å². The zero-order chi connectivity index (χ0) is 23.4. The van der Waals surface area contributed by atoms with Crippen molar-refractivity contribution in [3.8, 4) is 16.9 Å². The first-order valence-corrected chi connectivity index (χ1v) is 10.6. The van der Waals surface area contributed by atoms with Crippen molar-refractivity contribution in [1.29, 1.82) is 0 Å². The molecular formula is C26H25N3O4. The third-order valence-corrected chi connectivity index (χ3v) is 5.69. The largest absolute Gasteiger partial charge is 0.506 e. The fraction of sp³-hybridized carbons (Fsp3) is 0.192. The molecule has 2 N–H and O–H groups in total. The number of oxime groups is 1. The molecule has 0 saturated carbocycles. The van der Waals surface area contributed by atoms with Crippen LogP contribution in [0.15, 0.2) is 78.0 Å². The molecule has 4 rings (SSSR count). The summed E-state index contributed by atoms with van der Waals surface area (Å²) in [6.45, 7) is 2.23. The minimum absolute atomic E-state index is 0.0423. The summed E-state index contributed by atoms with van der Waals surface area (Å²) in [5, 5.41) is 16.7. The molecule has 0 aromatic heterocycles. The normalized spacial score (nSPS) is 16.6. The fourth-order valence-corrected chi connectivity index (χ4v) is 4.00. The number of aryl methyl sites for hydroxylation is 1. The van der Waals surface area contributed by atoms with E-state index in [0.717, 1.165) is 16.7 Å². The molecule has 1 heterocycles. The van der Waals surface area contributed by atoms with Crippen molar-refractivity contribution < 1.29 is 19.5 Å². The van der Waals surface area contributed by atoms with Crippen LogP contribution in [0.1, 0.15) is 22.3 Å². The van der Waals surface area contributed by atoms with Gasteiger partial charge in [-0.3, -0.25) is 9.59 Å². The molecule has 168 valence electrons. The van der Waals surface area contributed by atoms with Crippen LogP contribution in [0.3, 0.4) is 0 Å². The molecule has 1 fully saturated rings. The second-order valence-corrected chi connectivity index (χ2v) is 7.89. The van der Waals surface area contributed by atoms with Crippen molar-refractivity contribution in [3.63, 3.8) is 0 Å². The summed E-state index contributed by atoms with van der Waals surface area (Å²) in [4.78, 5) is 32.7. The Hall–Kier alpha value is -4.13. The molecule has 0 unspecified atom stereocenters. The van der Waals surface area contributed by atoms with Gasteiger partial charge in [-0.25, -0.2) is 0 Å². The Morgan fingerprint density at radius 1 is 1.03 bits per heavy atom. The van der Waals surface area contributed by atoms with Crippen LogP contribution in [0.2, 0.25) is 0 Å². The number of aromatic hydroxyl groups is 1. The number of benzene rings is 3. The van der Waals surface area contributed by atoms with Gasteiger partial charge in [-0.05, 0) is 47.9 Å². The molecule has 1 aliphatic rings. The molecule has 7 nitrogen and oxygen atoms in total. The van der Waals surface area contributed by atoms with E-state index in [1.54, 1.807) is 30.3 Å². The quantitative estimate of drug-likeness (QED) is 0.456. The molecular weight excluding hydrogens is 418 g/mol. The number of anilines is 1. The van der Waals surface area contributed by atoms with Crippen LogP contribution in [-0.2, 0) is 9.63 Å². The number of nitrogens with zero attached hydrogens (tertiary/aromatic N) is 2. The minimum atomic E-state index is -0.776. The molecule has 1 aliphatic heterocycles. The van der Waals surface area contributed by atoms with Gasteiger partial charge in [0, 0.05) is 12.0 Å². The number of phenols is 1. The molecule has 3 aromatic carbocycles. The fourth-order valence-electron chi connectivity index (χ4n) is 4.00. The third kappa shape index (κ3) is 4.72. The Labute approximate surface area is 192 Å². The van der Waals surface area contributed by atoms with Gasteiger partial charge in [0.15, 0.2) is 0 Å². The van der Waals surface area contributed by atoms with Crippen LogP contribution in [0.4, 0.5) is 5.69 Å². The van der Waals surface area contributed by atoms with Crippen LogP contribution in [0, 0.1) is 6.92 Å². The van der Waals surface area contributed by atoms with Gasteiger partial charge >= 0.3 is 0 Å². The first kappa shape index (κ1) is 22.1. The highest BCUT2D eigenvalue weighted by molar-refractivity contribution is 6.08. The van der Waals surface area contributed by atoms with E-state index >= 15 is 0 Å². The zero-order valence-corrected chi connectivity index (χ0v) is 18.5. The summed E-state index contributed by atoms with van der Waals surface area (Å²) in [5.41, 5.74) is 4.63. The smallest absolute Gasteiger partial charge is 0.254 e. The third-order valence-electron chi connectivity index (χ3n) is 5.69. The predicted molar refractivity (Wildman–Crippen MR) is 127 cm³/mol. The number of phenolic OH excluding ortho intramolecular Hbond substituents is 1. The molecule has 1 saturated heterocycles. The van der Waals surface area contributed by atoms with E-state index < -0.39 is 11.9 Å². The van der Waals surface area contributed by atoms with E-state index in [4.69, 9.17) is 4.84 Å². The molecule has 0 spiro atoms. The predicted octanol–water partition coefficient (Wildman–Crippen LogP) is 4.22. The summed E-state index contributed by atoms with van der Waals surface area (Å²) < 4.78 is 0. The lowest BCUT2D eigenvalue weighted by Crippen LogP contribution is -2.43. The van der Waals surface area contributed by atoms with Crippen molar-refractivity contribution >= 4 is 23.2 Å². The van der Waals surface area contributed by atoms with Crippen molar-refractivity contribution in [2.75, 3.05) is 19.0 Å². The van der Waals surface area contributed by atoms with Crippen molar-refractivity contribution in [2.45, 2.75) is 19.4 Å². The van der Waals surface area contributed by atoms with E-state index in [1.807, 2.05) is 43.3 Å². The van der Waals surface area contributed by atoms with Crippen molar-refractivity contribution in [2.24, 2.45) is 5.16 Å². The van der Waals surface area contributed by atoms with E-state index in [9.17, 15) is 14.7 Å². The SMILES string of the molecule is CON=C1C[C@@H](C(=O)Nc2ccccc2O)N(C(=O)c2ccc(-c3ccccc3C)cc2)C1. The lowest BCUT2D eigenvalue weighted by atomic mass is 9.99. The first-order chi connectivity index (χ1) is 16.0. The Balaban J connectivity index is 1.57. The summed E-state index contributed by atoms with van der Waals surface area (Å²) >= 11 is 0. The van der Waals surface area contributed by atoms with E-state index in [0.29, 0.717) is 11.3 Å². The first-order valence-electron chi connectivity index (χ1n) is 10.6. The van der Waals surface area contributed by atoms with Gasteiger partial charge in [0.2, 0.25) is 5.91 Å². The van der Waals surface area contributed by atoms with E-state index in [2.05, 4.69) is 10.5 Å². The molecule has 2 amide bonds. The zero-order valence-electron chi connectivity index (χ0n) is 18.5. The number of para-hydroxylation sites is 2. The highest BCUT2D eigenvalue weighted by atomic mass is 16.6. The Morgan fingerprint density at radius 3 is 2.42 bits per heavy atom. The molecule has 3 aromatic rings. The summed E-state index contributed by atoms with van der Waals surface area (Å²) in [5.74, 6) is -0.716. The standard InChI is InChI=1S/C26H25N3O4/c1-17-7-3-4-8-21(17)18-11-13-19(14-12-18)26(32)29-16-20(28-33-2)15-23(29)25(31)27-22-9-5-6-10-24(22)30/h3-14,23,30H,15-16H2,1-2H3,(H,27,31)/t23-/m0/s1. The van der Waals surface area contributed by atoms with Crippen molar-refractivity contribution in [1.82, 2.24) is 4.90 Å². The van der Waals surface area contributed by atoms with Crippen LogP contribution in [-0.4, -0.2) is 47.2 Å². The number of likely N-dealkylation sites (tertiary alicyclic amines) is 1. The second-order valence-electron chi connectivity index (χ2n) is 7.89. The topological polar surface area (TPSA) is 91.2 Å². The average molecular weight is 444 g/mol. The average Bonchev–Trinajstić information content (AvgIpc) is 3.25. The van der Waals surface area contributed by atoms with Gasteiger partial charge < -0.3 is 20.2 Å². The van der Waals surface area contributed by atoms with Gasteiger partial charge in [0.25, 0.3) is 5.91 Å². The maximum absolute atomic E-state index is 13.3. The van der Waals surface area contributed by atoms with Crippen LogP contribution >= 0.6 is 0 Å². The number of carbonyl (C=O) groups is 2. The number of hydrogen-bond acceptors (Lipinski definition) is 5. The Morgan fingerprint density at radius 2 is 1.73 bits per heavy atom. The lowest BCUT2D eigenvalue weighted by molar-refractivity contribution is -0.119. The van der Waals surface area contributed by atoms with Crippen molar-refractivity contribution in [3.05, 3.63) is 83.9 Å². The monoisotopic (exact) mass is 443 g/mol. The van der Waals surface area contributed by atoms with Gasteiger partial charge in [0.1, 0.15) is 18.9 Å². The Kier molecular flexibility index (Phi) is 6.40. The summed E-state index contributed by atoms with van der Waals surface area (Å²) in [7, 11) is 1.43. The molecule has 7 heteroatoms. The lowest BCUT2D eigenvalue weighted by Gasteiger charge is -2.23. The maximum Gasteiger partial charge on any atom is 0.254 e. The molecule has 1 atom stereocenters. The Bertz CT molecular complexity index is 1200. The summed E-state index contributed by atoms with van der Waals surface area (Å²) in [6.07, 6.45) is 0.250. The van der Waals surface area contributed by atoms with Gasteiger partial charge in [0.05, 0.1) is 17.9 Å². The molecule has 0 aliphatic carbocycles. The second kappa shape index (κ2) is 9.56. The number of nitrogens with one attached hydrogen (secondary N) is 1. The van der Waals surface area contributed by atoms with Crippen LogP contribution < -0.4 is 5.32 Å². The highest BCUT2D eigenvalue weighted by Crippen LogP contribution is 2.27. The molecule has 33 heavy (non-hydrogen) atoms. The van der Waals surface area contributed by atoms with Gasteiger partial charge in [-0.1, -0.05) is 53.7 Å². The minimum Gasteiger partial charge on any atom is -0.506 e. The maximum atomic E-state index is 13.3. The highest BCUT2D eigenvalue weighted by Gasteiger charge is 2.38. The number of hydrogen-bond donors (Lipinski definition) is 2. The molecule has 0 bridgehead atoms. The summed E-state index contributed by atoms with van der Waals surface area (Å²) in [6, 6.07) is 21.1.